The largest absolute Gasteiger partial charge is 0.422 e. The molecule has 4 aromatic rings. The highest BCUT2D eigenvalue weighted by atomic mass is 19.1. The van der Waals surface area contributed by atoms with Gasteiger partial charge < -0.3 is 18.6 Å². The van der Waals surface area contributed by atoms with Gasteiger partial charge >= 0.3 is 5.63 Å². The van der Waals surface area contributed by atoms with E-state index in [-0.39, 0.29) is 5.65 Å². The molecule has 0 bridgehead atoms. The molecule has 0 saturated carbocycles. The van der Waals surface area contributed by atoms with Crippen molar-refractivity contribution < 1.29 is 8.81 Å². The summed E-state index contributed by atoms with van der Waals surface area (Å²) < 4.78 is 21.4. The zero-order valence-corrected chi connectivity index (χ0v) is 17.2. The topological polar surface area (TPSA) is 54.0 Å². The zero-order chi connectivity index (χ0) is 21.0. The molecule has 154 valence electrons. The van der Waals surface area contributed by atoms with Crippen LogP contribution in [0.4, 0.5) is 10.1 Å². The Bertz CT molecular complexity index is 1330. The predicted octanol–water partition coefficient (Wildman–Crippen LogP) is 3.70. The summed E-state index contributed by atoms with van der Waals surface area (Å²) in [5.41, 5.74) is 2.79. The molecule has 1 saturated heterocycles. The van der Waals surface area contributed by atoms with Crippen molar-refractivity contribution in [2.45, 2.75) is 19.9 Å². The Hall–Kier alpha value is -3.19. The summed E-state index contributed by atoms with van der Waals surface area (Å²) in [7, 11) is 2.13. The standard InChI is InChI=1S/C23H23FN4O2/c1-14-8-19(24)22-25-20(13-28(22)11-14)18-9-16-4-5-17(10-21(16)30-23(18)29)27-7-6-26(3)15(2)12-27/h4-5,8-11,13,15H,6-7,12H2,1-3H3. The molecule has 1 aliphatic heterocycles. The van der Waals surface area contributed by atoms with Crippen LogP contribution in [0.15, 0.2) is 51.9 Å². The lowest BCUT2D eigenvalue weighted by atomic mass is 10.1. The van der Waals surface area contributed by atoms with Crippen molar-refractivity contribution >= 4 is 22.3 Å². The average molecular weight is 406 g/mol. The van der Waals surface area contributed by atoms with Crippen molar-refractivity contribution in [2.24, 2.45) is 0 Å². The summed E-state index contributed by atoms with van der Waals surface area (Å²) in [5.74, 6) is -0.419. The maximum Gasteiger partial charge on any atom is 0.345 e. The second-order valence-corrected chi connectivity index (χ2v) is 8.17. The third kappa shape index (κ3) is 3.15. The number of piperazine rings is 1. The first kappa shape index (κ1) is 18.8. The lowest BCUT2D eigenvalue weighted by Gasteiger charge is -2.39. The second-order valence-electron chi connectivity index (χ2n) is 8.17. The predicted molar refractivity (Wildman–Crippen MR) is 116 cm³/mol. The van der Waals surface area contributed by atoms with Crippen molar-refractivity contribution in [1.29, 1.82) is 0 Å². The molecule has 0 spiro atoms. The third-order valence-corrected chi connectivity index (χ3v) is 5.96. The molecule has 1 aliphatic rings. The maximum absolute atomic E-state index is 14.2. The summed E-state index contributed by atoms with van der Waals surface area (Å²) in [5, 5.41) is 0.809. The Kier molecular flexibility index (Phi) is 4.36. The monoisotopic (exact) mass is 406 g/mol. The molecule has 1 fully saturated rings. The van der Waals surface area contributed by atoms with Crippen molar-refractivity contribution in [3.63, 3.8) is 0 Å². The molecular formula is C23H23FN4O2. The first-order valence-electron chi connectivity index (χ1n) is 10.1. The highest BCUT2D eigenvalue weighted by Gasteiger charge is 2.21. The van der Waals surface area contributed by atoms with E-state index in [0.29, 0.717) is 22.9 Å². The van der Waals surface area contributed by atoms with Crippen molar-refractivity contribution in [2.75, 3.05) is 31.6 Å². The van der Waals surface area contributed by atoms with E-state index in [1.54, 1.807) is 22.9 Å². The molecule has 6 nitrogen and oxygen atoms in total. The Morgan fingerprint density at radius 2 is 2.00 bits per heavy atom. The summed E-state index contributed by atoms with van der Waals surface area (Å²) in [4.78, 5) is 21.7. The van der Waals surface area contributed by atoms with Gasteiger partial charge in [0.2, 0.25) is 0 Å². The number of aromatic nitrogens is 2. The van der Waals surface area contributed by atoms with Gasteiger partial charge in [-0.2, -0.15) is 0 Å². The summed E-state index contributed by atoms with van der Waals surface area (Å²) in [6, 6.07) is 9.59. The zero-order valence-electron chi connectivity index (χ0n) is 17.2. The number of hydrogen-bond donors (Lipinski definition) is 0. The van der Waals surface area contributed by atoms with Gasteiger partial charge in [0.25, 0.3) is 0 Å². The molecule has 1 atom stereocenters. The van der Waals surface area contributed by atoms with E-state index >= 15 is 0 Å². The van der Waals surface area contributed by atoms with Crippen LogP contribution in [0.25, 0.3) is 27.9 Å². The fraction of sp³-hybridized carbons (Fsp3) is 0.304. The quantitative estimate of drug-likeness (QED) is 0.475. The molecule has 7 heteroatoms. The van der Waals surface area contributed by atoms with E-state index in [1.165, 1.54) is 6.07 Å². The van der Waals surface area contributed by atoms with Crippen LogP contribution in [0.5, 0.6) is 0 Å². The number of nitrogens with zero attached hydrogens (tertiary/aromatic N) is 4. The average Bonchev–Trinajstić information content (AvgIpc) is 3.13. The van der Waals surface area contributed by atoms with E-state index in [2.05, 4.69) is 34.8 Å². The fourth-order valence-electron chi connectivity index (χ4n) is 4.08. The van der Waals surface area contributed by atoms with E-state index in [0.717, 1.165) is 36.3 Å². The van der Waals surface area contributed by atoms with Gasteiger partial charge in [-0.15, -0.1) is 0 Å². The highest BCUT2D eigenvalue weighted by molar-refractivity contribution is 5.84. The lowest BCUT2D eigenvalue weighted by molar-refractivity contribution is 0.234. The van der Waals surface area contributed by atoms with Crippen LogP contribution >= 0.6 is 0 Å². The lowest BCUT2D eigenvalue weighted by Crippen LogP contribution is -2.50. The van der Waals surface area contributed by atoms with E-state index in [4.69, 9.17) is 4.42 Å². The van der Waals surface area contributed by atoms with Gasteiger partial charge in [-0.1, -0.05) is 0 Å². The molecular weight excluding hydrogens is 383 g/mol. The SMILES string of the molecule is Cc1cc(F)c2nc(-c3cc4ccc(N5CCN(C)C(C)C5)cc4oc3=O)cn2c1. The number of anilines is 1. The minimum atomic E-state index is -0.480. The van der Waals surface area contributed by atoms with Crippen LogP contribution in [-0.2, 0) is 0 Å². The molecule has 0 radical (unpaired) electrons. The Morgan fingerprint density at radius 1 is 1.17 bits per heavy atom. The van der Waals surface area contributed by atoms with Crippen LogP contribution in [0, 0.1) is 12.7 Å². The first-order valence-corrected chi connectivity index (χ1v) is 10.1. The van der Waals surface area contributed by atoms with E-state index in [9.17, 15) is 9.18 Å². The molecule has 3 aromatic heterocycles. The molecule has 0 aliphatic carbocycles. The van der Waals surface area contributed by atoms with Crippen LogP contribution in [0.1, 0.15) is 12.5 Å². The molecule has 0 N–H and O–H groups in total. The van der Waals surface area contributed by atoms with Gasteiger partial charge in [-0.3, -0.25) is 0 Å². The number of likely N-dealkylation sites (N-methyl/N-ethyl adjacent to an activating group) is 1. The Labute approximate surface area is 173 Å². The molecule has 5 rings (SSSR count). The van der Waals surface area contributed by atoms with Gasteiger partial charge in [0.1, 0.15) is 5.58 Å². The number of pyridine rings is 1. The summed E-state index contributed by atoms with van der Waals surface area (Å²) in [6.07, 6.45) is 3.43. The maximum atomic E-state index is 14.2. The van der Waals surface area contributed by atoms with E-state index < -0.39 is 11.4 Å². The number of halogens is 1. The van der Waals surface area contributed by atoms with Crippen LogP contribution in [0.2, 0.25) is 0 Å². The van der Waals surface area contributed by atoms with Crippen LogP contribution < -0.4 is 10.5 Å². The fourth-order valence-corrected chi connectivity index (χ4v) is 4.08. The minimum Gasteiger partial charge on any atom is -0.422 e. The molecule has 0 amide bonds. The third-order valence-electron chi connectivity index (χ3n) is 5.96. The number of aryl methyl sites for hydroxylation is 1. The molecule has 1 aromatic carbocycles. The number of imidazole rings is 1. The summed E-state index contributed by atoms with van der Waals surface area (Å²) in [6.45, 7) is 6.87. The number of fused-ring (bicyclic) bond motifs is 2. The minimum absolute atomic E-state index is 0.189. The normalized spacial score (nSPS) is 17.9. The number of hydrogen-bond acceptors (Lipinski definition) is 5. The van der Waals surface area contributed by atoms with Crippen molar-refractivity contribution in [3.05, 3.63) is 64.5 Å². The Morgan fingerprint density at radius 3 is 2.80 bits per heavy atom. The summed E-state index contributed by atoms with van der Waals surface area (Å²) >= 11 is 0. The number of rotatable bonds is 2. The molecule has 1 unspecified atom stereocenters. The second kappa shape index (κ2) is 6.95. The Balaban J connectivity index is 1.55. The molecule has 4 heterocycles. The van der Waals surface area contributed by atoms with Gasteiger partial charge in [-0.05, 0) is 50.7 Å². The van der Waals surface area contributed by atoms with Gasteiger partial charge in [-0.25, -0.2) is 14.2 Å². The van der Waals surface area contributed by atoms with Crippen LogP contribution in [0.3, 0.4) is 0 Å². The molecule has 30 heavy (non-hydrogen) atoms. The van der Waals surface area contributed by atoms with E-state index in [1.807, 2.05) is 19.1 Å². The first-order chi connectivity index (χ1) is 14.4. The van der Waals surface area contributed by atoms with Gasteiger partial charge in [0.05, 0.1) is 11.3 Å². The van der Waals surface area contributed by atoms with Gasteiger partial charge in [0, 0.05) is 55.2 Å². The van der Waals surface area contributed by atoms with Crippen molar-refractivity contribution in [1.82, 2.24) is 14.3 Å². The smallest absolute Gasteiger partial charge is 0.345 e. The van der Waals surface area contributed by atoms with Crippen molar-refractivity contribution in [3.8, 4) is 11.3 Å². The highest BCUT2D eigenvalue weighted by Crippen LogP contribution is 2.27. The van der Waals surface area contributed by atoms with Crippen LogP contribution in [-0.4, -0.2) is 47.0 Å². The number of benzene rings is 1. The van der Waals surface area contributed by atoms with Gasteiger partial charge in [0.15, 0.2) is 11.5 Å².